The maximum absolute atomic E-state index is 12.8. The SMILES string of the molecule is NC(=O)c1cccc(C2C[C@H]3CC[C@@H](C2)N3CCN(CC2CCCCC2)C(=O)[C@@H](O)CO)c1.O=S(=O)(O)O. The van der Waals surface area contributed by atoms with Gasteiger partial charge >= 0.3 is 10.4 Å². The van der Waals surface area contributed by atoms with Crippen molar-refractivity contribution >= 4 is 22.2 Å². The van der Waals surface area contributed by atoms with Gasteiger partial charge in [0.2, 0.25) is 5.91 Å². The fourth-order valence-corrected chi connectivity index (χ4v) is 6.36. The maximum Gasteiger partial charge on any atom is 0.394 e. The zero-order valence-electron chi connectivity index (χ0n) is 21.7. The van der Waals surface area contributed by atoms with Crippen LogP contribution < -0.4 is 5.73 Å². The fraction of sp³-hybridized carbons (Fsp3) is 0.692. The predicted octanol–water partition coefficient (Wildman–Crippen LogP) is 1.61. The lowest BCUT2D eigenvalue weighted by Crippen LogP contribution is -2.50. The predicted molar refractivity (Wildman–Crippen MR) is 141 cm³/mol. The van der Waals surface area contributed by atoms with Crippen LogP contribution in [0, 0.1) is 5.92 Å². The average molecular weight is 556 g/mol. The summed E-state index contributed by atoms with van der Waals surface area (Å²) in [4.78, 5) is 28.7. The van der Waals surface area contributed by atoms with Crippen molar-refractivity contribution in [2.45, 2.75) is 81.9 Å². The Kier molecular flexibility index (Phi) is 11.1. The topological polar surface area (TPSA) is 182 Å². The molecule has 2 heterocycles. The molecule has 4 atom stereocenters. The first-order valence-corrected chi connectivity index (χ1v) is 14.8. The summed E-state index contributed by atoms with van der Waals surface area (Å²) in [7, 11) is -4.67. The molecule has 0 radical (unpaired) electrons. The molecule has 38 heavy (non-hydrogen) atoms. The third-order valence-corrected chi connectivity index (χ3v) is 8.13. The summed E-state index contributed by atoms with van der Waals surface area (Å²) in [5, 5.41) is 19.3. The van der Waals surface area contributed by atoms with Crippen LogP contribution in [0.1, 0.15) is 79.6 Å². The molecule has 1 saturated carbocycles. The van der Waals surface area contributed by atoms with E-state index in [1.165, 1.54) is 24.8 Å². The normalized spacial score (nSPS) is 24.8. The van der Waals surface area contributed by atoms with E-state index in [0.717, 1.165) is 45.1 Å². The van der Waals surface area contributed by atoms with Crippen LogP contribution in [0.15, 0.2) is 24.3 Å². The molecule has 6 N–H and O–H groups in total. The first kappa shape index (κ1) is 30.5. The first-order valence-electron chi connectivity index (χ1n) is 13.4. The van der Waals surface area contributed by atoms with Gasteiger partial charge in [0.25, 0.3) is 5.91 Å². The Labute approximate surface area is 224 Å². The molecule has 11 nitrogen and oxygen atoms in total. The van der Waals surface area contributed by atoms with Gasteiger partial charge in [-0.05, 0) is 68.1 Å². The molecule has 214 valence electrons. The number of hydrogen-bond acceptors (Lipinski definition) is 7. The smallest absolute Gasteiger partial charge is 0.393 e. The molecule has 2 amide bonds. The van der Waals surface area contributed by atoms with Gasteiger partial charge in [0.05, 0.1) is 6.61 Å². The molecule has 3 aliphatic rings. The number of carbonyl (C=O) groups is 2. The van der Waals surface area contributed by atoms with Crippen LogP contribution in [0.4, 0.5) is 0 Å². The quantitative estimate of drug-likeness (QED) is 0.283. The van der Waals surface area contributed by atoms with Crippen molar-refractivity contribution in [1.82, 2.24) is 9.80 Å². The maximum atomic E-state index is 12.8. The lowest BCUT2D eigenvalue weighted by Gasteiger charge is -2.40. The number of carbonyl (C=O) groups excluding carboxylic acids is 2. The monoisotopic (exact) mass is 555 g/mol. The van der Waals surface area contributed by atoms with Crippen molar-refractivity contribution in [1.29, 1.82) is 0 Å². The molecule has 12 heteroatoms. The summed E-state index contributed by atoms with van der Waals surface area (Å²) in [5.74, 6) is 0.196. The first-order chi connectivity index (χ1) is 18.0. The molecule has 0 aromatic heterocycles. The molecule has 0 spiro atoms. The number of benzene rings is 1. The van der Waals surface area contributed by atoms with Gasteiger partial charge in [-0.15, -0.1) is 0 Å². The van der Waals surface area contributed by atoms with Gasteiger partial charge in [0.15, 0.2) is 6.10 Å². The molecular weight excluding hydrogens is 514 g/mol. The Bertz CT molecular complexity index is 1020. The van der Waals surface area contributed by atoms with Gasteiger partial charge in [-0.2, -0.15) is 8.42 Å². The molecule has 2 bridgehead atoms. The lowest BCUT2D eigenvalue weighted by atomic mass is 9.84. The van der Waals surface area contributed by atoms with Crippen LogP contribution in [0.2, 0.25) is 0 Å². The van der Waals surface area contributed by atoms with Gasteiger partial charge in [0, 0.05) is 37.3 Å². The highest BCUT2D eigenvalue weighted by Crippen LogP contribution is 2.43. The number of piperidine rings is 1. The molecule has 4 rings (SSSR count). The Morgan fingerprint density at radius 1 is 1.05 bits per heavy atom. The highest BCUT2D eigenvalue weighted by atomic mass is 32.3. The van der Waals surface area contributed by atoms with Crippen molar-refractivity contribution in [3.63, 3.8) is 0 Å². The van der Waals surface area contributed by atoms with Gasteiger partial charge < -0.3 is 20.8 Å². The molecule has 3 fully saturated rings. The third kappa shape index (κ3) is 8.99. The van der Waals surface area contributed by atoms with Crippen molar-refractivity contribution < 1.29 is 37.3 Å². The minimum Gasteiger partial charge on any atom is -0.393 e. The fourth-order valence-electron chi connectivity index (χ4n) is 6.36. The van der Waals surface area contributed by atoms with Gasteiger partial charge in [0.1, 0.15) is 0 Å². The average Bonchev–Trinajstić information content (AvgIpc) is 3.11. The van der Waals surface area contributed by atoms with Gasteiger partial charge in [-0.25, -0.2) is 0 Å². The van der Waals surface area contributed by atoms with Crippen molar-refractivity contribution in [2.24, 2.45) is 11.7 Å². The number of nitrogens with two attached hydrogens (primary N) is 1. The number of primary amides is 1. The molecule has 1 aromatic carbocycles. The highest BCUT2D eigenvalue weighted by molar-refractivity contribution is 7.79. The van der Waals surface area contributed by atoms with Crippen molar-refractivity contribution in [2.75, 3.05) is 26.2 Å². The van der Waals surface area contributed by atoms with E-state index < -0.39 is 23.1 Å². The van der Waals surface area contributed by atoms with E-state index in [4.69, 9.17) is 23.3 Å². The van der Waals surface area contributed by atoms with Crippen LogP contribution in [-0.4, -0.2) is 93.8 Å². The van der Waals surface area contributed by atoms with Crippen LogP contribution in [0.3, 0.4) is 0 Å². The number of aliphatic hydroxyl groups is 2. The van der Waals surface area contributed by atoms with E-state index in [9.17, 15) is 19.8 Å². The summed E-state index contributed by atoms with van der Waals surface area (Å²) < 4.78 is 31.6. The second-order valence-corrected chi connectivity index (χ2v) is 11.6. The summed E-state index contributed by atoms with van der Waals surface area (Å²) in [6.45, 7) is 1.56. The molecule has 2 aliphatic heterocycles. The molecule has 1 aliphatic carbocycles. The number of aliphatic hydroxyl groups excluding tert-OH is 2. The number of nitrogens with zero attached hydrogens (tertiary/aromatic N) is 2. The summed E-state index contributed by atoms with van der Waals surface area (Å²) in [6, 6.07) is 8.69. The minimum absolute atomic E-state index is 0.339. The van der Waals surface area contributed by atoms with E-state index in [1.54, 1.807) is 11.0 Å². The number of amides is 2. The van der Waals surface area contributed by atoms with Crippen molar-refractivity contribution in [3.05, 3.63) is 35.4 Å². The number of fused-ring (bicyclic) bond motifs is 2. The van der Waals surface area contributed by atoms with E-state index in [0.29, 0.717) is 42.6 Å². The molecule has 1 aromatic rings. The summed E-state index contributed by atoms with van der Waals surface area (Å²) >= 11 is 0. The molecule has 2 saturated heterocycles. The zero-order chi connectivity index (χ0) is 27.9. The standard InChI is InChI=1S/C26H39N3O4.H2O4S/c27-25(32)20-8-4-7-19(13-20)21-14-22-9-10-23(15-21)29(22)12-11-28(26(33)24(31)17-30)16-18-5-2-1-3-6-18;1-5(2,3)4/h4,7-8,13,18,21-24,30-31H,1-3,5-6,9-12,14-17H2,(H2,27,32);(H2,1,2,3,4)/t21?,22-,23+,24-;/m0./s1. The highest BCUT2D eigenvalue weighted by Gasteiger charge is 2.41. The van der Waals surface area contributed by atoms with Gasteiger partial charge in [-0.3, -0.25) is 23.6 Å². The largest absolute Gasteiger partial charge is 0.394 e. The number of rotatable bonds is 9. The Balaban J connectivity index is 0.000000732. The minimum atomic E-state index is -4.67. The second kappa shape index (κ2) is 13.8. The Morgan fingerprint density at radius 2 is 1.66 bits per heavy atom. The van der Waals surface area contributed by atoms with Gasteiger partial charge in [-0.1, -0.05) is 31.4 Å². The van der Waals surface area contributed by atoms with E-state index in [-0.39, 0.29) is 11.8 Å². The van der Waals surface area contributed by atoms with Crippen LogP contribution in [0.5, 0.6) is 0 Å². The van der Waals surface area contributed by atoms with Crippen LogP contribution >= 0.6 is 0 Å². The van der Waals surface area contributed by atoms with E-state index >= 15 is 0 Å². The Morgan fingerprint density at radius 3 is 2.21 bits per heavy atom. The summed E-state index contributed by atoms with van der Waals surface area (Å²) in [5.41, 5.74) is 7.25. The summed E-state index contributed by atoms with van der Waals surface area (Å²) in [6.07, 6.45) is 9.06. The van der Waals surface area contributed by atoms with Crippen LogP contribution in [-0.2, 0) is 15.2 Å². The number of hydrogen-bond donors (Lipinski definition) is 5. The van der Waals surface area contributed by atoms with Crippen molar-refractivity contribution in [3.8, 4) is 0 Å². The van der Waals surface area contributed by atoms with E-state index in [1.807, 2.05) is 12.1 Å². The molecule has 1 unspecified atom stereocenters. The second-order valence-electron chi connectivity index (χ2n) is 10.7. The molecular formula is C26H41N3O8S. The lowest BCUT2D eigenvalue weighted by molar-refractivity contribution is -0.143. The zero-order valence-corrected chi connectivity index (χ0v) is 22.5. The van der Waals surface area contributed by atoms with Crippen LogP contribution in [0.25, 0.3) is 0 Å². The third-order valence-electron chi connectivity index (χ3n) is 8.13. The van der Waals surface area contributed by atoms with E-state index in [2.05, 4.69) is 11.0 Å². The Hall–Kier alpha value is -2.09.